The van der Waals surface area contributed by atoms with E-state index in [2.05, 4.69) is 12.6 Å². The van der Waals surface area contributed by atoms with Crippen LogP contribution in [0.15, 0.2) is 0 Å². The number of rotatable bonds is 1. The van der Waals surface area contributed by atoms with Gasteiger partial charge in [0.05, 0.1) is 15.2 Å². The second-order valence-corrected chi connectivity index (χ2v) is 8.31. The Kier molecular flexibility index (Phi) is 3.03. The molecular formula is C9H16O3S2. The topological polar surface area (TPSA) is 51.2 Å². The van der Waals surface area contributed by atoms with Gasteiger partial charge in [0.1, 0.15) is 5.78 Å². The van der Waals surface area contributed by atoms with Crippen LogP contribution in [0.4, 0.5) is 0 Å². The summed E-state index contributed by atoms with van der Waals surface area (Å²) in [7, 11) is -3.21. The van der Waals surface area contributed by atoms with Crippen LogP contribution in [-0.4, -0.2) is 29.4 Å². The molecule has 0 aromatic rings. The Labute approximate surface area is 90.6 Å². The van der Waals surface area contributed by atoms with E-state index in [0.29, 0.717) is 6.42 Å². The summed E-state index contributed by atoms with van der Waals surface area (Å²) in [5, 5.41) is -0.922. The first kappa shape index (κ1) is 12.0. The van der Waals surface area contributed by atoms with Crippen molar-refractivity contribution in [1.82, 2.24) is 0 Å². The lowest BCUT2D eigenvalue weighted by Crippen LogP contribution is -2.36. The highest BCUT2D eigenvalue weighted by atomic mass is 32.2. The average Bonchev–Trinajstić information content (AvgIpc) is 2.30. The molecular weight excluding hydrogens is 220 g/mol. The smallest absolute Gasteiger partial charge is 0.158 e. The van der Waals surface area contributed by atoms with Gasteiger partial charge in [-0.15, -0.1) is 0 Å². The molecule has 1 saturated carbocycles. The lowest BCUT2D eigenvalue weighted by atomic mass is 10.3. The number of Topliss-reactive ketones (excluding diaryl/α,β-unsaturated/α-hetero) is 1. The minimum atomic E-state index is -3.21. The molecule has 2 unspecified atom stereocenters. The summed E-state index contributed by atoms with van der Waals surface area (Å²) in [5.74, 6) is -0.0499. The fourth-order valence-corrected chi connectivity index (χ4v) is 3.89. The van der Waals surface area contributed by atoms with Gasteiger partial charge in [-0.2, -0.15) is 12.6 Å². The second-order valence-electron chi connectivity index (χ2n) is 4.70. The fourth-order valence-electron chi connectivity index (χ4n) is 1.56. The molecule has 0 radical (unpaired) electrons. The van der Waals surface area contributed by atoms with E-state index in [1.165, 1.54) is 0 Å². The van der Waals surface area contributed by atoms with E-state index in [-0.39, 0.29) is 12.2 Å². The molecule has 82 valence electrons. The molecule has 0 N–H and O–H groups in total. The van der Waals surface area contributed by atoms with E-state index in [0.717, 1.165) is 0 Å². The highest BCUT2D eigenvalue weighted by Gasteiger charge is 2.43. The molecule has 1 aliphatic carbocycles. The maximum Gasteiger partial charge on any atom is 0.158 e. The first-order valence-electron chi connectivity index (χ1n) is 4.60. The predicted octanol–water partition coefficient (Wildman–Crippen LogP) is 1.23. The van der Waals surface area contributed by atoms with Gasteiger partial charge in [0.25, 0.3) is 0 Å². The molecule has 0 bridgehead atoms. The quantitative estimate of drug-likeness (QED) is 0.697. The van der Waals surface area contributed by atoms with Crippen molar-refractivity contribution >= 4 is 28.2 Å². The van der Waals surface area contributed by atoms with Gasteiger partial charge < -0.3 is 0 Å². The van der Waals surface area contributed by atoms with Crippen LogP contribution >= 0.6 is 12.6 Å². The summed E-state index contributed by atoms with van der Waals surface area (Å²) < 4.78 is 23.1. The SMILES string of the molecule is CC(C)(C)S(=O)(=O)C1CC(=O)C(S)C1. The van der Waals surface area contributed by atoms with E-state index in [1.54, 1.807) is 20.8 Å². The van der Waals surface area contributed by atoms with Crippen molar-refractivity contribution in [3.63, 3.8) is 0 Å². The number of carbonyl (C=O) groups is 1. The summed E-state index contributed by atoms with van der Waals surface area (Å²) >= 11 is 4.06. The Hall–Kier alpha value is -0.0300. The molecule has 0 aliphatic heterocycles. The van der Waals surface area contributed by atoms with Gasteiger partial charge in [-0.25, -0.2) is 8.42 Å². The van der Waals surface area contributed by atoms with Crippen LogP contribution in [-0.2, 0) is 14.6 Å². The van der Waals surface area contributed by atoms with Crippen LogP contribution in [0.1, 0.15) is 33.6 Å². The van der Waals surface area contributed by atoms with Crippen molar-refractivity contribution in [2.45, 2.75) is 48.9 Å². The molecule has 0 heterocycles. The minimum Gasteiger partial charge on any atom is -0.298 e. The van der Waals surface area contributed by atoms with Crippen molar-refractivity contribution < 1.29 is 13.2 Å². The standard InChI is InChI=1S/C9H16O3S2/c1-9(2,3)14(11,12)6-4-7(10)8(13)5-6/h6,8,13H,4-5H2,1-3H3. The number of ketones is 1. The Bertz CT molecular complexity index is 338. The lowest BCUT2D eigenvalue weighted by Gasteiger charge is -2.23. The summed E-state index contributed by atoms with van der Waals surface area (Å²) in [6, 6.07) is 0. The molecule has 0 saturated heterocycles. The third kappa shape index (κ3) is 1.98. The third-order valence-electron chi connectivity index (χ3n) is 2.58. The molecule has 0 amide bonds. The molecule has 1 aliphatic rings. The maximum atomic E-state index is 12.0. The van der Waals surface area contributed by atoms with Gasteiger partial charge in [-0.3, -0.25) is 4.79 Å². The molecule has 1 fully saturated rings. The monoisotopic (exact) mass is 236 g/mol. The molecule has 5 heteroatoms. The van der Waals surface area contributed by atoms with Crippen LogP contribution in [0.3, 0.4) is 0 Å². The van der Waals surface area contributed by atoms with Crippen molar-refractivity contribution in [2.75, 3.05) is 0 Å². The first-order valence-corrected chi connectivity index (χ1v) is 6.67. The Morgan fingerprint density at radius 1 is 1.36 bits per heavy atom. The summed E-state index contributed by atoms with van der Waals surface area (Å²) in [6.07, 6.45) is 0.495. The molecule has 0 aromatic heterocycles. The van der Waals surface area contributed by atoms with Gasteiger partial charge in [-0.1, -0.05) is 0 Å². The second kappa shape index (κ2) is 3.52. The highest BCUT2D eigenvalue weighted by Crippen LogP contribution is 2.32. The van der Waals surface area contributed by atoms with E-state index in [1.807, 2.05) is 0 Å². The molecule has 3 nitrogen and oxygen atoms in total. The summed E-state index contributed by atoms with van der Waals surface area (Å²) in [5.41, 5.74) is 0. The van der Waals surface area contributed by atoms with Crippen LogP contribution in [0.5, 0.6) is 0 Å². The minimum absolute atomic E-state index is 0.0499. The number of thiol groups is 1. The Balaban J connectivity index is 2.93. The van der Waals surface area contributed by atoms with E-state index >= 15 is 0 Å². The largest absolute Gasteiger partial charge is 0.298 e. The zero-order chi connectivity index (χ0) is 11.1. The number of hydrogen-bond acceptors (Lipinski definition) is 4. The molecule has 1 rings (SSSR count). The third-order valence-corrected chi connectivity index (χ3v) is 6.02. The van der Waals surface area contributed by atoms with E-state index < -0.39 is 25.1 Å². The number of sulfone groups is 1. The van der Waals surface area contributed by atoms with Crippen LogP contribution in [0.25, 0.3) is 0 Å². The summed E-state index contributed by atoms with van der Waals surface area (Å²) in [4.78, 5) is 11.2. The van der Waals surface area contributed by atoms with Crippen molar-refractivity contribution in [2.24, 2.45) is 0 Å². The maximum absolute atomic E-state index is 12.0. The lowest BCUT2D eigenvalue weighted by molar-refractivity contribution is -0.116. The Morgan fingerprint density at radius 3 is 2.14 bits per heavy atom. The molecule has 2 atom stereocenters. The number of hydrogen-bond donors (Lipinski definition) is 1. The van der Waals surface area contributed by atoms with Crippen LogP contribution in [0, 0.1) is 0 Å². The molecule has 14 heavy (non-hydrogen) atoms. The first-order chi connectivity index (χ1) is 6.16. The van der Waals surface area contributed by atoms with E-state index in [9.17, 15) is 13.2 Å². The zero-order valence-corrected chi connectivity index (χ0v) is 10.4. The summed E-state index contributed by atoms with van der Waals surface area (Å²) in [6.45, 7) is 5.00. The van der Waals surface area contributed by atoms with Gasteiger partial charge in [0, 0.05) is 6.42 Å². The van der Waals surface area contributed by atoms with Crippen LogP contribution < -0.4 is 0 Å². The number of carbonyl (C=O) groups excluding carboxylic acids is 1. The highest BCUT2D eigenvalue weighted by molar-refractivity contribution is 7.93. The zero-order valence-electron chi connectivity index (χ0n) is 8.65. The van der Waals surface area contributed by atoms with Gasteiger partial charge in [0.2, 0.25) is 0 Å². The molecule has 0 aromatic carbocycles. The van der Waals surface area contributed by atoms with Crippen molar-refractivity contribution in [3.05, 3.63) is 0 Å². The van der Waals surface area contributed by atoms with Gasteiger partial charge in [0.15, 0.2) is 9.84 Å². The molecule has 0 spiro atoms. The van der Waals surface area contributed by atoms with Crippen molar-refractivity contribution in [3.8, 4) is 0 Å². The van der Waals surface area contributed by atoms with Gasteiger partial charge in [-0.05, 0) is 27.2 Å². The van der Waals surface area contributed by atoms with Crippen LogP contribution in [0.2, 0.25) is 0 Å². The predicted molar refractivity (Wildman–Crippen MR) is 59.5 cm³/mol. The fraction of sp³-hybridized carbons (Fsp3) is 0.889. The normalized spacial score (nSPS) is 29.6. The van der Waals surface area contributed by atoms with E-state index in [4.69, 9.17) is 0 Å². The van der Waals surface area contributed by atoms with Gasteiger partial charge >= 0.3 is 0 Å². The van der Waals surface area contributed by atoms with Crippen molar-refractivity contribution in [1.29, 1.82) is 0 Å². The Morgan fingerprint density at radius 2 is 1.86 bits per heavy atom. The average molecular weight is 236 g/mol.